The van der Waals surface area contributed by atoms with Gasteiger partial charge in [-0.15, -0.1) is 0 Å². The van der Waals surface area contributed by atoms with Gasteiger partial charge in [-0.1, -0.05) is 13.8 Å². The van der Waals surface area contributed by atoms with Gasteiger partial charge < -0.3 is 10.1 Å². The van der Waals surface area contributed by atoms with Crippen LogP contribution in [0.2, 0.25) is 0 Å². The molecule has 88 valence electrons. The van der Waals surface area contributed by atoms with Gasteiger partial charge in [0.2, 0.25) is 0 Å². The Bertz CT molecular complexity index is 393. The van der Waals surface area contributed by atoms with Crippen LogP contribution in [-0.2, 0) is 0 Å². The molecular weight excluding hydrogens is 212 g/mol. The summed E-state index contributed by atoms with van der Waals surface area (Å²) < 4.78 is 32.3. The molecule has 0 fully saturated rings. The Morgan fingerprint density at radius 1 is 1.31 bits per heavy atom. The molecule has 2 nitrogen and oxygen atoms in total. The monoisotopic (exact) mass is 227 g/mol. The first kappa shape index (κ1) is 11.3. The summed E-state index contributed by atoms with van der Waals surface area (Å²) >= 11 is 0. The molecule has 1 aromatic carbocycles. The first-order valence-electron chi connectivity index (χ1n) is 5.46. The zero-order valence-corrected chi connectivity index (χ0v) is 9.39. The van der Waals surface area contributed by atoms with Gasteiger partial charge >= 0.3 is 0 Å². The molecule has 16 heavy (non-hydrogen) atoms. The lowest BCUT2D eigenvalue weighted by atomic mass is 9.99. The number of ether oxygens (including phenoxy) is 1. The van der Waals surface area contributed by atoms with Gasteiger partial charge in [0.25, 0.3) is 0 Å². The number of hydrogen-bond acceptors (Lipinski definition) is 2. The highest BCUT2D eigenvalue weighted by Crippen LogP contribution is 2.36. The second-order valence-corrected chi connectivity index (χ2v) is 4.28. The fraction of sp³-hybridized carbons (Fsp3) is 0.500. The molecule has 2 rings (SSSR count). The first-order valence-corrected chi connectivity index (χ1v) is 5.46. The molecule has 0 aliphatic carbocycles. The van der Waals surface area contributed by atoms with Crippen molar-refractivity contribution in [3.63, 3.8) is 0 Å². The SMILES string of the molecule is CC(C)NC1CCOc2c(F)ccc(F)c21. The molecule has 0 aromatic heterocycles. The number of rotatable bonds is 2. The van der Waals surface area contributed by atoms with Crippen molar-refractivity contribution < 1.29 is 13.5 Å². The van der Waals surface area contributed by atoms with Crippen LogP contribution < -0.4 is 10.1 Å². The summed E-state index contributed by atoms with van der Waals surface area (Å²) in [7, 11) is 0. The first-order chi connectivity index (χ1) is 7.59. The maximum Gasteiger partial charge on any atom is 0.165 e. The molecule has 1 unspecified atom stereocenters. The average molecular weight is 227 g/mol. The quantitative estimate of drug-likeness (QED) is 0.838. The highest BCUT2D eigenvalue weighted by molar-refractivity contribution is 5.40. The van der Waals surface area contributed by atoms with Crippen molar-refractivity contribution in [3.8, 4) is 5.75 Å². The van der Waals surface area contributed by atoms with E-state index in [0.717, 1.165) is 12.1 Å². The summed E-state index contributed by atoms with van der Waals surface area (Å²) in [6.45, 7) is 4.37. The van der Waals surface area contributed by atoms with E-state index in [1.807, 2.05) is 13.8 Å². The number of fused-ring (bicyclic) bond motifs is 1. The van der Waals surface area contributed by atoms with Crippen LogP contribution in [0.3, 0.4) is 0 Å². The van der Waals surface area contributed by atoms with Crippen molar-refractivity contribution in [3.05, 3.63) is 29.3 Å². The maximum atomic E-state index is 13.7. The molecule has 1 aromatic rings. The van der Waals surface area contributed by atoms with E-state index in [2.05, 4.69) is 5.32 Å². The molecule has 0 radical (unpaired) electrons. The lowest BCUT2D eigenvalue weighted by Crippen LogP contribution is -2.33. The third kappa shape index (κ3) is 2.02. The zero-order chi connectivity index (χ0) is 11.7. The van der Waals surface area contributed by atoms with Crippen molar-refractivity contribution in [1.29, 1.82) is 0 Å². The molecule has 1 atom stereocenters. The Morgan fingerprint density at radius 3 is 2.69 bits per heavy atom. The van der Waals surface area contributed by atoms with Gasteiger partial charge in [0.05, 0.1) is 6.61 Å². The van der Waals surface area contributed by atoms with E-state index < -0.39 is 11.6 Å². The zero-order valence-electron chi connectivity index (χ0n) is 9.39. The van der Waals surface area contributed by atoms with Crippen molar-refractivity contribution in [2.24, 2.45) is 0 Å². The standard InChI is InChI=1S/C12H15F2NO/c1-7(2)15-10-5-6-16-12-9(14)4-3-8(13)11(10)12/h3-4,7,10,15H,5-6H2,1-2H3. The second kappa shape index (κ2) is 4.37. The molecular formula is C12H15F2NO. The average Bonchev–Trinajstić information content (AvgIpc) is 2.23. The van der Waals surface area contributed by atoms with Crippen molar-refractivity contribution >= 4 is 0 Å². The minimum Gasteiger partial charge on any atom is -0.490 e. The van der Waals surface area contributed by atoms with E-state index in [9.17, 15) is 8.78 Å². The minimum absolute atomic E-state index is 0.0596. The lowest BCUT2D eigenvalue weighted by molar-refractivity contribution is 0.230. The Balaban J connectivity index is 2.40. The van der Waals surface area contributed by atoms with Gasteiger partial charge in [-0.25, -0.2) is 8.78 Å². The van der Waals surface area contributed by atoms with Gasteiger partial charge in [-0.3, -0.25) is 0 Å². The molecule has 0 saturated carbocycles. The van der Waals surface area contributed by atoms with Crippen LogP contribution in [0, 0.1) is 11.6 Å². The maximum absolute atomic E-state index is 13.7. The summed E-state index contributed by atoms with van der Waals surface area (Å²) in [6, 6.07) is 2.31. The van der Waals surface area contributed by atoms with Gasteiger partial charge in [0, 0.05) is 24.1 Å². The predicted octanol–water partition coefficient (Wildman–Crippen LogP) is 2.79. The molecule has 1 heterocycles. The topological polar surface area (TPSA) is 21.3 Å². The van der Waals surface area contributed by atoms with Crippen LogP contribution in [0.25, 0.3) is 0 Å². The van der Waals surface area contributed by atoms with Crippen LogP contribution in [0.1, 0.15) is 31.9 Å². The van der Waals surface area contributed by atoms with Crippen LogP contribution in [-0.4, -0.2) is 12.6 Å². The summed E-state index contributed by atoms with van der Waals surface area (Å²) in [5.41, 5.74) is 0.319. The van der Waals surface area contributed by atoms with E-state index in [1.54, 1.807) is 0 Å². The van der Waals surface area contributed by atoms with E-state index in [0.29, 0.717) is 18.6 Å². The van der Waals surface area contributed by atoms with Gasteiger partial charge in [-0.2, -0.15) is 0 Å². The van der Waals surface area contributed by atoms with E-state index in [4.69, 9.17) is 4.74 Å². The Kier molecular flexibility index (Phi) is 3.10. The van der Waals surface area contributed by atoms with E-state index in [-0.39, 0.29) is 17.8 Å². The van der Waals surface area contributed by atoms with Gasteiger partial charge in [-0.05, 0) is 12.1 Å². The fourth-order valence-electron chi connectivity index (χ4n) is 2.01. The van der Waals surface area contributed by atoms with Crippen LogP contribution in [0.5, 0.6) is 5.75 Å². The minimum atomic E-state index is -0.494. The molecule has 0 saturated heterocycles. The molecule has 0 spiro atoms. The molecule has 1 aliphatic heterocycles. The van der Waals surface area contributed by atoms with Gasteiger partial charge in [0.1, 0.15) is 5.82 Å². The van der Waals surface area contributed by atoms with Crippen LogP contribution in [0.15, 0.2) is 12.1 Å². The number of benzene rings is 1. The van der Waals surface area contributed by atoms with E-state index >= 15 is 0 Å². The largest absolute Gasteiger partial charge is 0.490 e. The van der Waals surface area contributed by atoms with Crippen LogP contribution in [0.4, 0.5) is 8.78 Å². The molecule has 0 bridgehead atoms. The number of hydrogen-bond donors (Lipinski definition) is 1. The molecule has 1 N–H and O–H groups in total. The normalized spacial score (nSPS) is 19.4. The second-order valence-electron chi connectivity index (χ2n) is 4.28. The fourth-order valence-corrected chi connectivity index (χ4v) is 2.01. The predicted molar refractivity (Wildman–Crippen MR) is 57.5 cm³/mol. The highest BCUT2D eigenvalue weighted by Gasteiger charge is 2.27. The third-order valence-electron chi connectivity index (χ3n) is 2.63. The summed E-state index contributed by atoms with van der Waals surface area (Å²) in [4.78, 5) is 0. The summed E-state index contributed by atoms with van der Waals surface area (Å²) in [5.74, 6) is -0.842. The van der Waals surface area contributed by atoms with Crippen molar-refractivity contribution in [2.75, 3.05) is 6.61 Å². The van der Waals surface area contributed by atoms with E-state index in [1.165, 1.54) is 0 Å². The highest BCUT2D eigenvalue weighted by atomic mass is 19.1. The molecule has 0 amide bonds. The van der Waals surface area contributed by atoms with Crippen molar-refractivity contribution in [2.45, 2.75) is 32.4 Å². The number of halogens is 2. The summed E-state index contributed by atoms with van der Waals surface area (Å²) in [6.07, 6.45) is 0.658. The lowest BCUT2D eigenvalue weighted by Gasteiger charge is -2.28. The Labute approximate surface area is 93.6 Å². The number of nitrogens with one attached hydrogen (secondary N) is 1. The molecule has 4 heteroatoms. The Hall–Kier alpha value is -1.16. The smallest absolute Gasteiger partial charge is 0.165 e. The third-order valence-corrected chi connectivity index (χ3v) is 2.63. The summed E-state index contributed by atoms with van der Waals surface area (Å²) in [5, 5.41) is 3.22. The van der Waals surface area contributed by atoms with Crippen LogP contribution >= 0.6 is 0 Å². The van der Waals surface area contributed by atoms with Gasteiger partial charge in [0.15, 0.2) is 11.6 Å². The Morgan fingerprint density at radius 2 is 2.00 bits per heavy atom. The van der Waals surface area contributed by atoms with Crippen molar-refractivity contribution in [1.82, 2.24) is 5.32 Å². The molecule has 1 aliphatic rings.